The summed E-state index contributed by atoms with van der Waals surface area (Å²) in [6, 6.07) is 10.1. The standard InChI is InChI=1S/C23H30ClN3O5S/c1-15-12-27(16(2)14-28)23(29)20-11-18(7-10-21(20)32-22(15)13-26(3)4)25-33(30,31)19-8-5-17(24)6-9-19/h5-11,15-16,22,25,28H,12-14H2,1-4H3/t15-,16+,22-/m0/s1. The fourth-order valence-corrected chi connectivity index (χ4v) is 4.87. The molecule has 10 heteroatoms. The Kier molecular flexibility index (Phi) is 7.89. The molecule has 0 saturated carbocycles. The molecule has 0 aliphatic carbocycles. The SMILES string of the molecule is C[C@H](CO)N1C[C@H](C)[C@H](CN(C)C)Oc2ccc(NS(=O)(=O)c3ccc(Cl)cc3)cc2C1=O. The van der Waals surface area contributed by atoms with E-state index in [1.807, 2.05) is 25.9 Å². The number of sulfonamides is 1. The molecule has 2 aromatic carbocycles. The van der Waals surface area contributed by atoms with Gasteiger partial charge in [0.25, 0.3) is 15.9 Å². The van der Waals surface area contributed by atoms with E-state index in [4.69, 9.17) is 16.3 Å². The molecule has 33 heavy (non-hydrogen) atoms. The van der Waals surface area contributed by atoms with Gasteiger partial charge in [-0.05, 0) is 63.5 Å². The number of ether oxygens (including phenoxy) is 1. The summed E-state index contributed by atoms with van der Waals surface area (Å²) in [4.78, 5) is 17.1. The van der Waals surface area contributed by atoms with Gasteiger partial charge in [0, 0.05) is 29.7 Å². The number of benzene rings is 2. The van der Waals surface area contributed by atoms with Crippen LogP contribution in [0.3, 0.4) is 0 Å². The van der Waals surface area contributed by atoms with Gasteiger partial charge >= 0.3 is 0 Å². The van der Waals surface area contributed by atoms with Gasteiger partial charge in [0.2, 0.25) is 0 Å². The summed E-state index contributed by atoms with van der Waals surface area (Å²) in [6.45, 7) is 4.65. The summed E-state index contributed by atoms with van der Waals surface area (Å²) in [5.41, 5.74) is 0.470. The Balaban J connectivity index is 2.00. The van der Waals surface area contributed by atoms with Crippen molar-refractivity contribution >= 4 is 33.2 Å². The van der Waals surface area contributed by atoms with Crippen molar-refractivity contribution in [1.29, 1.82) is 0 Å². The molecular formula is C23H30ClN3O5S. The van der Waals surface area contributed by atoms with Crippen molar-refractivity contribution in [3.8, 4) is 5.75 Å². The maximum Gasteiger partial charge on any atom is 0.261 e. The van der Waals surface area contributed by atoms with Crippen molar-refractivity contribution < 1.29 is 23.1 Å². The Morgan fingerprint density at radius 3 is 2.52 bits per heavy atom. The lowest BCUT2D eigenvalue weighted by Gasteiger charge is -2.37. The zero-order valence-corrected chi connectivity index (χ0v) is 20.7. The summed E-state index contributed by atoms with van der Waals surface area (Å²) < 4.78 is 34.4. The van der Waals surface area contributed by atoms with Crippen molar-refractivity contribution in [3.63, 3.8) is 0 Å². The smallest absolute Gasteiger partial charge is 0.261 e. The predicted molar refractivity (Wildman–Crippen MR) is 128 cm³/mol. The van der Waals surface area contributed by atoms with Crippen LogP contribution in [0.1, 0.15) is 24.2 Å². The number of carbonyl (C=O) groups excluding carboxylic acids is 1. The largest absolute Gasteiger partial charge is 0.488 e. The number of aliphatic hydroxyl groups is 1. The molecule has 0 saturated heterocycles. The number of hydrogen-bond donors (Lipinski definition) is 2. The zero-order valence-electron chi connectivity index (χ0n) is 19.2. The lowest BCUT2D eigenvalue weighted by Crippen LogP contribution is -2.49. The maximum absolute atomic E-state index is 13.4. The molecule has 0 bridgehead atoms. The first-order chi connectivity index (χ1) is 15.5. The van der Waals surface area contributed by atoms with Gasteiger partial charge in [-0.25, -0.2) is 8.42 Å². The Labute approximate surface area is 200 Å². The van der Waals surface area contributed by atoms with E-state index in [2.05, 4.69) is 4.72 Å². The molecule has 2 aromatic rings. The van der Waals surface area contributed by atoms with E-state index in [1.54, 1.807) is 24.0 Å². The van der Waals surface area contributed by atoms with Crippen molar-refractivity contribution in [3.05, 3.63) is 53.1 Å². The summed E-state index contributed by atoms with van der Waals surface area (Å²) >= 11 is 5.86. The van der Waals surface area contributed by atoms with Crippen LogP contribution in [-0.2, 0) is 10.0 Å². The molecule has 0 aromatic heterocycles. The van der Waals surface area contributed by atoms with Crippen molar-refractivity contribution in [2.24, 2.45) is 5.92 Å². The van der Waals surface area contributed by atoms with Crippen molar-refractivity contribution in [2.45, 2.75) is 30.9 Å². The third-order valence-corrected chi connectivity index (χ3v) is 7.24. The number of rotatable bonds is 7. The highest BCUT2D eigenvalue weighted by molar-refractivity contribution is 7.92. The monoisotopic (exact) mass is 495 g/mol. The summed E-state index contributed by atoms with van der Waals surface area (Å²) in [5.74, 6) is 0.0683. The Morgan fingerprint density at radius 2 is 1.91 bits per heavy atom. The highest BCUT2D eigenvalue weighted by atomic mass is 35.5. The quantitative estimate of drug-likeness (QED) is 0.612. The Hall–Kier alpha value is -2.33. The number of fused-ring (bicyclic) bond motifs is 1. The van der Waals surface area contributed by atoms with E-state index in [0.717, 1.165) is 0 Å². The number of aliphatic hydroxyl groups excluding tert-OH is 1. The number of hydrogen-bond acceptors (Lipinski definition) is 6. The second kappa shape index (κ2) is 10.3. The van der Waals surface area contributed by atoms with E-state index in [9.17, 15) is 18.3 Å². The molecule has 0 unspecified atom stereocenters. The van der Waals surface area contributed by atoms with E-state index < -0.39 is 16.1 Å². The van der Waals surface area contributed by atoms with Gasteiger partial charge in [-0.1, -0.05) is 18.5 Å². The van der Waals surface area contributed by atoms with Gasteiger partial charge in [-0.3, -0.25) is 9.52 Å². The molecule has 0 fully saturated rings. The fourth-order valence-electron chi connectivity index (χ4n) is 3.69. The van der Waals surface area contributed by atoms with Crippen molar-refractivity contribution in [2.75, 3.05) is 38.5 Å². The lowest BCUT2D eigenvalue weighted by atomic mass is 9.99. The minimum Gasteiger partial charge on any atom is -0.488 e. The Bertz CT molecular complexity index is 1090. The number of carbonyl (C=O) groups is 1. The molecule has 1 aliphatic heterocycles. The van der Waals surface area contributed by atoms with Gasteiger partial charge in [-0.2, -0.15) is 0 Å². The number of anilines is 1. The van der Waals surface area contributed by atoms with Crippen LogP contribution in [0.4, 0.5) is 5.69 Å². The number of likely N-dealkylation sites (N-methyl/N-ethyl adjacent to an activating group) is 1. The van der Waals surface area contributed by atoms with Gasteiger partial charge in [0.05, 0.1) is 23.1 Å². The van der Waals surface area contributed by atoms with E-state index in [0.29, 0.717) is 23.9 Å². The summed E-state index contributed by atoms with van der Waals surface area (Å²) in [7, 11) is 0.0147. The van der Waals surface area contributed by atoms with Gasteiger partial charge in [-0.15, -0.1) is 0 Å². The average Bonchev–Trinajstić information content (AvgIpc) is 2.76. The summed E-state index contributed by atoms with van der Waals surface area (Å²) in [6.07, 6.45) is -0.197. The van der Waals surface area contributed by atoms with Crippen LogP contribution in [0.2, 0.25) is 5.02 Å². The molecule has 3 atom stereocenters. The van der Waals surface area contributed by atoms with Gasteiger partial charge in [0.1, 0.15) is 11.9 Å². The first-order valence-electron chi connectivity index (χ1n) is 10.7. The summed E-state index contributed by atoms with van der Waals surface area (Å²) in [5, 5.41) is 10.2. The molecule has 8 nitrogen and oxygen atoms in total. The molecule has 2 N–H and O–H groups in total. The van der Waals surface area contributed by atoms with E-state index >= 15 is 0 Å². The van der Waals surface area contributed by atoms with Gasteiger partial charge < -0.3 is 19.6 Å². The molecular weight excluding hydrogens is 466 g/mol. The Morgan fingerprint density at radius 1 is 1.24 bits per heavy atom. The lowest BCUT2D eigenvalue weighted by molar-refractivity contribution is 0.0363. The molecule has 180 valence electrons. The normalized spacial score (nSPS) is 20.0. The maximum atomic E-state index is 13.4. The molecule has 1 heterocycles. The van der Waals surface area contributed by atoms with Crippen LogP contribution < -0.4 is 9.46 Å². The molecule has 3 rings (SSSR count). The van der Waals surface area contributed by atoms with Crippen LogP contribution in [-0.4, -0.2) is 75.2 Å². The molecule has 1 aliphatic rings. The average molecular weight is 496 g/mol. The van der Waals surface area contributed by atoms with Crippen LogP contribution in [0, 0.1) is 5.92 Å². The van der Waals surface area contributed by atoms with Crippen LogP contribution in [0.25, 0.3) is 0 Å². The highest BCUT2D eigenvalue weighted by Gasteiger charge is 2.33. The predicted octanol–water partition coefficient (Wildman–Crippen LogP) is 2.92. The van der Waals surface area contributed by atoms with Crippen LogP contribution in [0.5, 0.6) is 5.75 Å². The third-order valence-electron chi connectivity index (χ3n) is 5.59. The topological polar surface area (TPSA) is 99.2 Å². The number of nitrogens with one attached hydrogen (secondary N) is 1. The van der Waals surface area contributed by atoms with Crippen LogP contribution >= 0.6 is 11.6 Å². The van der Waals surface area contributed by atoms with Gasteiger partial charge in [0.15, 0.2) is 0 Å². The van der Waals surface area contributed by atoms with E-state index in [1.165, 1.54) is 30.3 Å². The number of halogens is 1. The number of nitrogens with zero attached hydrogens (tertiary/aromatic N) is 2. The molecule has 0 spiro atoms. The second-order valence-electron chi connectivity index (χ2n) is 8.66. The van der Waals surface area contributed by atoms with Crippen LogP contribution in [0.15, 0.2) is 47.4 Å². The zero-order chi connectivity index (χ0) is 24.3. The molecule has 1 amide bonds. The van der Waals surface area contributed by atoms with Crippen molar-refractivity contribution in [1.82, 2.24) is 9.80 Å². The minimum absolute atomic E-state index is 0.0154. The van der Waals surface area contributed by atoms with E-state index in [-0.39, 0.29) is 40.7 Å². The third kappa shape index (κ3) is 5.97. The minimum atomic E-state index is -3.88. The fraction of sp³-hybridized carbons (Fsp3) is 0.435. The number of amides is 1. The first-order valence-corrected chi connectivity index (χ1v) is 12.5. The second-order valence-corrected chi connectivity index (χ2v) is 10.8. The first kappa shape index (κ1) is 25.3. The molecule has 0 radical (unpaired) electrons. The highest BCUT2D eigenvalue weighted by Crippen LogP contribution is 2.31.